The smallest absolute Gasteiger partial charge is 0.257 e. The SMILES string of the molecule is COc1cc(-c2cc(NC(=O)c3ccc4c(c3)OCO4)n[nH]2)cc(OC)c1OC. The maximum atomic E-state index is 12.5. The van der Waals surface area contributed by atoms with Crippen LogP contribution >= 0.6 is 0 Å². The molecule has 0 atom stereocenters. The summed E-state index contributed by atoms with van der Waals surface area (Å²) in [6, 6.07) is 10.3. The topological polar surface area (TPSA) is 104 Å². The van der Waals surface area contributed by atoms with Crippen molar-refractivity contribution in [3.63, 3.8) is 0 Å². The van der Waals surface area contributed by atoms with Crippen LogP contribution in [0.4, 0.5) is 5.82 Å². The monoisotopic (exact) mass is 397 g/mol. The molecule has 9 nitrogen and oxygen atoms in total. The highest BCUT2D eigenvalue weighted by Gasteiger charge is 2.18. The Bertz CT molecular complexity index is 1040. The van der Waals surface area contributed by atoms with E-state index in [4.69, 9.17) is 23.7 Å². The fraction of sp³-hybridized carbons (Fsp3) is 0.200. The number of hydrogen-bond acceptors (Lipinski definition) is 7. The molecule has 0 aliphatic carbocycles. The first-order valence-corrected chi connectivity index (χ1v) is 8.69. The Morgan fingerprint density at radius 3 is 2.41 bits per heavy atom. The first-order valence-electron chi connectivity index (χ1n) is 8.69. The normalized spacial score (nSPS) is 11.8. The summed E-state index contributed by atoms with van der Waals surface area (Å²) in [6.07, 6.45) is 0. The van der Waals surface area contributed by atoms with Crippen molar-refractivity contribution in [3.8, 4) is 40.0 Å². The summed E-state index contributed by atoms with van der Waals surface area (Å²) in [5.74, 6) is 2.74. The van der Waals surface area contributed by atoms with Gasteiger partial charge in [0, 0.05) is 17.2 Å². The van der Waals surface area contributed by atoms with Gasteiger partial charge in [-0.3, -0.25) is 9.89 Å². The average Bonchev–Trinajstić information content (AvgIpc) is 3.41. The number of nitrogens with one attached hydrogen (secondary N) is 2. The number of hydrogen-bond donors (Lipinski definition) is 2. The summed E-state index contributed by atoms with van der Waals surface area (Å²) < 4.78 is 26.7. The van der Waals surface area contributed by atoms with Crippen LogP contribution in [0, 0.1) is 0 Å². The first kappa shape index (κ1) is 18.5. The van der Waals surface area contributed by atoms with Crippen molar-refractivity contribution in [2.45, 2.75) is 0 Å². The van der Waals surface area contributed by atoms with Crippen LogP contribution in [-0.4, -0.2) is 44.2 Å². The number of nitrogens with zero attached hydrogens (tertiary/aromatic N) is 1. The molecule has 4 rings (SSSR count). The van der Waals surface area contributed by atoms with Crippen LogP contribution in [0.25, 0.3) is 11.3 Å². The van der Waals surface area contributed by atoms with Gasteiger partial charge in [-0.2, -0.15) is 5.10 Å². The quantitative estimate of drug-likeness (QED) is 0.659. The Morgan fingerprint density at radius 2 is 1.72 bits per heavy atom. The number of methoxy groups -OCH3 is 3. The van der Waals surface area contributed by atoms with Crippen molar-refractivity contribution in [1.82, 2.24) is 10.2 Å². The van der Waals surface area contributed by atoms with E-state index in [0.717, 1.165) is 5.56 Å². The van der Waals surface area contributed by atoms with E-state index >= 15 is 0 Å². The van der Waals surface area contributed by atoms with E-state index in [0.29, 0.717) is 45.8 Å². The van der Waals surface area contributed by atoms with Gasteiger partial charge in [0.1, 0.15) is 0 Å². The van der Waals surface area contributed by atoms with Gasteiger partial charge in [-0.15, -0.1) is 0 Å². The third-order valence-corrected chi connectivity index (χ3v) is 4.43. The lowest BCUT2D eigenvalue weighted by Crippen LogP contribution is -2.12. The van der Waals surface area contributed by atoms with E-state index in [1.165, 1.54) is 0 Å². The molecule has 0 saturated carbocycles. The third kappa shape index (κ3) is 3.49. The van der Waals surface area contributed by atoms with E-state index in [9.17, 15) is 4.79 Å². The first-order chi connectivity index (χ1) is 14.1. The zero-order valence-electron chi connectivity index (χ0n) is 16.1. The molecule has 0 spiro atoms. The van der Waals surface area contributed by atoms with Gasteiger partial charge in [-0.25, -0.2) is 0 Å². The zero-order valence-corrected chi connectivity index (χ0v) is 16.1. The maximum Gasteiger partial charge on any atom is 0.257 e. The van der Waals surface area contributed by atoms with Crippen LogP contribution in [0.2, 0.25) is 0 Å². The fourth-order valence-corrected chi connectivity index (χ4v) is 3.00. The van der Waals surface area contributed by atoms with Crippen LogP contribution < -0.4 is 29.0 Å². The van der Waals surface area contributed by atoms with Crippen LogP contribution in [0.1, 0.15) is 10.4 Å². The summed E-state index contributed by atoms with van der Waals surface area (Å²) in [5.41, 5.74) is 1.87. The number of aromatic amines is 1. The fourth-order valence-electron chi connectivity index (χ4n) is 3.00. The molecule has 29 heavy (non-hydrogen) atoms. The number of benzene rings is 2. The largest absolute Gasteiger partial charge is 0.493 e. The van der Waals surface area contributed by atoms with E-state index in [2.05, 4.69) is 15.5 Å². The van der Waals surface area contributed by atoms with Crippen molar-refractivity contribution in [2.75, 3.05) is 33.4 Å². The molecule has 150 valence electrons. The summed E-state index contributed by atoms with van der Waals surface area (Å²) in [7, 11) is 4.64. The van der Waals surface area contributed by atoms with Crippen molar-refractivity contribution in [3.05, 3.63) is 42.0 Å². The van der Waals surface area contributed by atoms with E-state index in [1.54, 1.807) is 57.7 Å². The average molecular weight is 397 g/mol. The van der Waals surface area contributed by atoms with Crippen LogP contribution in [0.3, 0.4) is 0 Å². The number of H-pyrrole nitrogens is 1. The van der Waals surface area contributed by atoms with E-state index < -0.39 is 0 Å². The predicted octanol–water partition coefficient (Wildman–Crippen LogP) is 3.08. The molecule has 2 N–H and O–H groups in total. The highest BCUT2D eigenvalue weighted by atomic mass is 16.7. The van der Waals surface area contributed by atoms with Gasteiger partial charge < -0.3 is 29.0 Å². The molecule has 2 heterocycles. The number of carbonyl (C=O) groups is 1. The Balaban J connectivity index is 1.56. The van der Waals surface area contributed by atoms with Crippen molar-refractivity contribution >= 4 is 11.7 Å². The summed E-state index contributed by atoms with van der Waals surface area (Å²) in [6.45, 7) is 0.151. The van der Waals surface area contributed by atoms with Gasteiger partial charge in [0.25, 0.3) is 5.91 Å². The van der Waals surface area contributed by atoms with Crippen molar-refractivity contribution < 1.29 is 28.5 Å². The number of ether oxygens (including phenoxy) is 5. The molecule has 1 aromatic heterocycles. The summed E-state index contributed by atoms with van der Waals surface area (Å²) in [5, 5.41) is 9.81. The van der Waals surface area contributed by atoms with Crippen LogP contribution in [0.15, 0.2) is 36.4 Å². The van der Waals surface area contributed by atoms with E-state index in [-0.39, 0.29) is 12.7 Å². The lowest BCUT2D eigenvalue weighted by atomic mass is 10.1. The molecule has 9 heteroatoms. The van der Waals surface area contributed by atoms with Gasteiger partial charge in [0.15, 0.2) is 28.8 Å². The molecule has 1 amide bonds. The van der Waals surface area contributed by atoms with Gasteiger partial charge in [0.2, 0.25) is 12.5 Å². The minimum atomic E-state index is -0.314. The molecule has 0 unspecified atom stereocenters. The Hall–Kier alpha value is -3.88. The molecule has 0 bridgehead atoms. The standard InChI is InChI=1S/C20H19N3O6/c1-25-16-7-12(8-17(26-2)19(16)27-3)13-9-18(23-22-13)21-20(24)11-4-5-14-15(6-11)29-10-28-14/h4-9H,10H2,1-3H3,(H2,21,22,23,24). The summed E-state index contributed by atoms with van der Waals surface area (Å²) in [4.78, 5) is 12.5. The minimum absolute atomic E-state index is 0.151. The zero-order chi connectivity index (χ0) is 20.4. The number of carbonyl (C=O) groups excluding carboxylic acids is 1. The Labute approximate surface area is 166 Å². The molecule has 1 aliphatic rings. The molecule has 0 radical (unpaired) electrons. The van der Waals surface area contributed by atoms with Gasteiger partial charge in [0.05, 0.1) is 27.0 Å². The summed E-state index contributed by atoms with van der Waals surface area (Å²) >= 11 is 0. The molecular weight excluding hydrogens is 378 g/mol. The second kappa shape index (κ2) is 7.63. The lowest BCUT2D eigenvalue weighted by Gasteiger charge is -2.13. The molecule has 2 aromatic carbocycles. The van der Waals surface area contributed by atoms with E-state index in [1.807, 2.05) is 0 Å². The van der Waals surface area contributed by atoms with Crippen molar-refractivity contribution in [1.29, 1.82) is 0 Å². The Morgan fingerprint density at radius 1 is 1.00 bits per heavy atom. The lowest BCUT2D eigenvalue weighted by molar-refractivity contribution is 0.102. The number of fused-ring (bicyclic) bond motifs is 1. The molecular formula is C20H19N3O6. The van der Waals surface area contributed by atoms with Crippen LogP contribution in [0.5, 0.6) is 28.7 Å². The number of rotatable bonds is 6. The van der Waals surface area contributed by atoms with Crippen molar-refractivity contribution in [2.24, 2.45) is 0 Å². The molecule has 1 aliphatic heterocycles. The highest BCUT2D eigenvalue weighted by molar-refractivity contribution is 6.04. The predicted molar refractivity (Wildman–Crippen MR) is 104 cm³/mol. The minimum Gasteiger partial charge on any atom is -0.493 e. The van der Waals surface area contributed by atoms with Crippen LogP contribution in [-0.2, 0) is 0 Å². The highest BCUT2D eigenvalue weighted by Crippen LogP contribution is 2.41. The number of amides is 1. The number of anilines is 1. The molecule has 0 saturated heterocycles. The second-order valence-corrected chi connectivity index (χ2v) is 6.10. The third-order valence-electron chi connectivity index (χ3n) is 4.43. The van der Waals surface area contributed by atoms with Gasteiger partial charge >= 0.3 is 0 Å². The number of aromatic nitrogens is 2. The second-order valence-electron chi connectivity index (χ2n) is 6.10. The maximum absolute atomic E-state index is 12.5. The Kier molecular flexibility index (Phi) is 4.86. The van der Waals surface area contributed by atoms with Gasteiger partial charge in [-0.05, 0) is 30.3 Å². The molecule has 3 aromatic rings. The molecule has 0 fully saturated rings. The van der Waals surface area contributed by atoms with Gasteiger partial charge in [-0.1, -0.05) is 0 Å².